The van der Waals surface area contributed by atoms with Crippen molar-refractivity contribution in [3.63, 3.8) is 0 Å². The molecule has 0 radical (unpaired) electrons. The number of benzene rings is 2. The Hall–Kier alpha value is -3.02. The monoisotopic (exact) mass is 329 g/mol. The third kappa shape index (κ3) is 4.49. The van der Waals surface area contributed by atoms with Crippen molar-refractivity contribution in [2.45, 2.75) is 6.54 Å². The molecule has 1 amide bonds. The molecule has 6 heteroatoms. The lowest BCUT2D eigenvalue weighted by molar-refractivity contribution is -0.123. The van der Waals surface area contributed by atoms with Crippen molar-refractivity contribution in [2.75, 3.05) is 20.8 Å². The number of para-hydroxylation sites is 1. The van der Waals surface area contributed by atoms with Gasteiger partial charge in [-0.25, -0.2) is 0 Å². The van der Waals surface area contributed by atoms with Gasteiger partial charge in [-0.15, -0.1) is 0 Å². The Bertz CT molecular complexity index is 714. The Balaban J connectivity index is 1.90. The van der Waals surface area contributed by atoms with Gasteiger partial charge in [-0.3, -0.25) is 9.59 Å². The van der Waals surface area contributed by atoms with E-state index in [-0.39, 0.29) is 12.5 Å². The van der Waals surface area contributed by atoms with E-state index < -0.39 is 0 Å². The minimum atomic E-state index is -0.276. The fourth-order valence-corrected chi connectivity index (χ4v) is 2.11. The van der Waals surface area contributed by atoms with Crippen LogP contribution >= 0.6 is 0 Å². The molecular formula is C18H19NO5. The maximum Gasteiger partial charge on any atom is 0.258 e. The maximum atomic E-state index is 11.9. The summed E-state index contributed by atoms with van der Waals surface area (Å²) >= 11 is 0. The highest BCUT2D eigenvalue weighted by molar-refractivity contribution is 5.78. The van der Waals surface area contributed by atoms with E-state index >= 15 is 0 Å². The summed E-state index contributed by atoms with van der Waals surface area (Å²) in [5.41, 5.74) is 1.35. The van der Waals surface area contributed by atoms with Gasteiger partial charge in [0, 0.05) is 17.7 Å². The molecule has 0 saturated carbocycles. The minimum Gasteiger partial charge on any atom is -0.496 e. The molecule has 0 saturated heterocycles. The molecule has 0 aliphatic heterocycles. The van der Waals surface area contributed by atoms with E-state index in [1.807, 2.05) is 24.3 Å². The molecule has 0 unspecified atom stereocenters. The maximum absolute atomic E-state index is 11.9. The molecule has 2 aromatic rings. The van der Waals surface area contributed by atoms with E-state index in [0.29, 0.717) is 35.6 Å². The predicted molar refractivity (Wildman–Crippen MR) is 88.7 cm³/mol. The van der Waals surface area contributed by atoms with Crippen molar-refractivity contribution >= 4 is 12.2 Å². The predicted octanol–water partition coefficient (Wildman–Crippen LogP) is 2.21. The number of aldehydes is 1. The lowest BCUT2D eigenvalue weighted by atomic mass is 10.2. The van der Waals surface area contributed by atoms with Crippen LogP contribution in [0.2, 0.25) is 0 Å². The largest absolute Gasteiger partial charge is 0.496 e. The summed E-state index contributed by atoms with van der Waals surface area (Å²) in [6, 6.07) is 12.2. The number of carbonyl (C=O) groups excluding carboxylic acids is 2. The van der Waals surface area contributed by atoms with Crippen LogP contribution in [0.25, 0.3) is 0 Å². The summed E-state index contributed by atoms with van der Waals surface area (Å²) in [7, 11) is 3.05. The van der Waals surface area contributed by atoms with E-state index in [4.69, 9.17) is 14.2 Å². The zero-order chi connectivity index (χ0) is 17.4. The molecule has 6 nitrogen and oxygen atoms in total. The molecule has 0 bridgehead atoms. The first-order valence-corrected chi connectivity index (χ1v) is 7.32. The first-order valence-electron chi connectivity index (χ1n) is 7.32. The first-order chi connectivity index (χ1) is 11.7. The van der Waals surface area contributed by atoms with Gasteiger partial charge in [0.15, 0.2) is 18.1 Å². The number of nitrogens with one attached hydrogen (secondary N) is 1. The van der Waals surface area contributed by atoms with E-state index in [2.05, 4.69) is 5.32 Å². The molecule has 1 N–H and O–H groups in total. The Labute approximate surface area is 140 Å². The average Bonchev–Trinajstić information content (AvgIpc) is 2.64. The van der Waals surface area contributed by atoms with Gasteiger partial charge < -0.3 is 19.5 Å². The Morgan fingerprint density at radius 3 is 2.50 bits per heavy atom. The van der Waals surface area contributed by atoms with Gasteiger partial charge in [-0.2, -0.15) is 0 Å². The number of carbonyl (C=O) groups is 2. The zero-order valence-corrected chi connectivity index (χ0v) is 13.6. The molecule has 0 spiro atoms. The van der Waals surface area contributed by atoms with Gasteiger partial charge in [0.25, 0.3) is 5.91 Å². The van der Waals surface area contributed by atoms with Crippen molar-refractivity contribution in [3.8, 4) is 17.2 Å². The quantitative estimate of drug-likeness (QED) is 0.752. The molecule has 2 rings (SSSR count). The molecule has 126 valence electrons. The van der Waals surface area contributed by atoms with Crippen LogP contribution in [0.5, 0.6) is 17.2 Å². The third-order valence-electron chi connectivity index (χ3n) is 3.35. The van der Waals surface area contributed by atoms with Crippen molar-refractivity contribution in [1.82, 2.24) is 5.32 Å². The Morgan fingerprint density at radius 2 is 1.79 bits per heavy atom. The second kappa shape index (κ2) is 8.57. The number of rotatable bonds is 8. The normalized spacial score (nSPS) is 9.92. The summed E-state index contributed by atoms with van der Waals surface area (Å²) in [4.78, 5) is 22.7. The number of amides is 1. The van der Waals surface area contributed by atoms with Crippen LogP contribution in [0, 0.1) is 0 Å². The fraction of sp³-hybridized carbons (Fsp3) is 0.222. The van der Waals surface area contributed by atoms with E-state index in [1.165, 1.54) is 7.11 Å². The molecule has 0 aliphatic carbocycles. The van der Waals surface area contributed by atoms with Crippen LogP contribution < -0.4 is 19.5 Å². The highest BCUT2D eigenvalue weighted by atomic mass is 16.5. The minimum absolute atomic E-state index is 0.161. The van der Waals surface area contributed by atoms with Crippen LogP contribution in [-0.4, -0.2) is 33.0 Å². The molecule has 0 aromatic heterocycles. The third-order valence-corrected chi connectivity index (χ3v) is 3.35. The van der Waals surface area contributed by atoms with E-state index in [0.717, 1.165) is 5.56 Å². The second-order valence-corrected chi connectivity index (χ2v) is 4.91. The molecular weight excluding hydrogens is 310 g/mol. The van der Waals surface area contributed by atoms with Gasteiger partial charge >= 0.3 is 0 Å². The lowest BCUT2D eigenvalue weighted by Gasteiger charge is -2.12. The van der Waals surface area contributed by atoms with Gasteiger partial charge in [-0.05, 0) is 24.3 Å². The molecule has 0 fully saturated rings. The van der Waals surface area contributed by atoms with Crippen LogP contribution in [-0.2, 0) is 11.3 Å². The SMILES string of the molecule is COc1ccccc1CNC(=O)COc1ccc(C=O)cc1OC. The van der Waals surface area contributed by atoms with E-state index in [9.17, 15) is 9.59 Å². The van der Waals surface area contributed by atoms with Crippen molar-refractivity contribution in [2.24, 2.45) is 0 Å². The zero-order valence-electron chi connectivity index (χ0n) is 13.6. The van der Waals surface area contributed by atoms with Crippen molar-refractivity contribution < 1.29 is 23.8 Å². The molecule has 24 heavy (non-hydrogen) atoms. The first kappa shape index (κ1) is 17.3. The summed E-state index contributed by atoms with van der Waals surface area (Å²) in [6.07, 6.45) is 0.715. The molecule has 0 aliphatic rings. The van der Waals surface area contributed by atoms with Crippen LogP contribution in [0.3, 0.4) is 0 Å². The number of hydrogen-bond donors (Lipinski definition) is 1. The smallest absolute Gasteiger partial charge is 0.258 e. The average molecular weight is 329 g/mol. The number of ether oxygens (including phenoxy) is 3. The number of methoxy groups -OCH3 is 2. The van der Waals surface area contributed by atoms with Gasteiger partial charge in [0.05, 0.1) is 14.2 Å². The summed E-state index contributed by atoms with van der Waals surface area (Å²) < 4.78 is 15.8. The topological polar surface area (TPSA) is 73.9 Å². The van der Waals surface area contributed by atoms with Crippen molar-refractivity contribution in [1.29, 1.82) is 0 Å². The van der Waals surface area contributed by atoms with Gasteiger partial charge in [0.1, 0.15) is 12.0 Å². The van der Waals surface area contributed by atoms with Crippen molar-refractivity contribution in [3.05, 3.63) is 53.6 Å². The molecule has 0 atom stereocenters. The fourth-order valence-electron chi connectivity index (χ4n) is 2.11. The summed E-state index contributed by atoms with van der Waals surface area (Å²) in [6.45, 7) is 0.180. The molecule has 2 aromatic carbocycles. The highest BCUT2D eigenvalue weighted by Gasteiger charge is 2.09. The van der Waals surface area contributed by atoms with Crippen LogP contribution in [0.15, 0.2) is 42.5 Å². The van der Waals surface area contributed by atoms with Crippen LogP contribution in [0.4, 0.5) is 0 Å². The summed E-state index contributed by atoms with van der Waals surface area (Å²) in [5.74, 6) is 1.24. The highest BCUT2D eigenvalue weighted by Crippen LogP contribution is 2.27. The molecule has 0 heterocycles. The standard InChI is InChI=1S/C18H19NO5/c1-22-15-6-4-3-5-14(15)10-19-18(21)12-24-16-8-7-13(11-20)9-17(16)23-2/h3-9,11H,10,12H2,1-2H3,(H,19,21). The van der Waals surface area contributed by atoms with E-state index in [1.54, 1.807) is 25.3 Å². The Kier molecular flexibility index (Phi) is 6.19. The van der Waals surface area contributed by atoms with Gasteiger partial charge in [0.2, 0.25) is 0 Å². The number of hydrogen-bond acceptors (Lipinski definition) is 5. The van der Waals surface area contributed by atoms with Crippen LogP contribution in [0.1, 0.15) is 15.9 Å². The van der Waals surface area contributed by atoms with Gasteiger partial charge in [-0.1, -0.05) is 18.2 Å². The second-order valence-electron chi connectivity index (χ2n) is 4.91. The lowest BCUT2D eigenvalue weighted by Crippen LogP contribution is -2.28. The summed E-state index contributed by atoms with van der Waals surface area (Å²) in [5, 5.41) is 2.76. The Morgan fingerprint density at radius 1 is 1.04 bits per heavy atom.